The van der Waals surface area contributed by atoms with Crippen molar-refractivity contribution in [1.82, 2.24) is 29.5 Å². The van der Waals surface area contributed by atoms with Crippen molar-refractivity contribution in [2.75, 3.05) is 19.6 Å². The van der Waals surface area contributed by atoms with Crippen molar-refractivity contribution >= 4 is 11.8 Å². The van der Waals surface area contributed by atoms with Crippen molar-refractivity contribution in [3.8, 4) is 0 Å². The van der Waals surface area contributed by atoms with E-state index in [9.17, 15) is 14.4 Å². The molecule has 2 fully saturated rings. The molecule has 1 atom stereocenters. The maximum atomic E-state index is 12.6. The van der Waals surface area contributed by atoms with Crippen LogP contribution in [0.25, 0.3) is 0 Å². The minimum absolute atomic E-state index is 0.0196. The van der Waals surface area contributed by atoms with E-state index >= 15 is 0 Å². The van der Waals surface area contributed by atoms with Gasteiger partial charge in [0.25, 0.3) is 5.56 Å². The third-order valence-corrected chi connectivity index (χ3v) is 6.37. The van der Waals surface area contributed by atoms with Crippen LogP contribution in [0.1, 0.15) is 48.7 Å². The Kier molecular flexibility index (Phi) is 4.88. The van der Waals surface area contributed by atoms with Crippen LogP contribution in [0, 0.1) is 5.92 Å². The van der Waals surface area contributed by atoms with Gasteiger partial charge in [0.2, 0.25) is 11.8 Å². The number of rotatable bonds is 5. The fraction of sp³-hybridized carbons (Fsp3) is 0.571. The number of carbonyl (C=O) groups is 2. The van der Waals surface area contributed by atoms with Crippen LogP contribution in [-0.2, 0) is 29.1 Å². The van der Waals surface area contributed by atoms with Gasteiger partial charge in [-0.25, -0.2) is 4.98 Å². The molecular weight excluding hydrogens is 384 g/mol. The molecule has 5 rings (SSSR count). The summed E-state index contributed by atoms with van der Waals surface area (Å²) < 4.78 is 1.75. The van der Waals surface area contributed by atoms with Gasteiger partial charge < -0.3 is 14.8 Å². The molecule has 30 heavy (non-hydrogen) atoms. The molecule has 2 aliphatic heterocycles. The van der Waals surface area contributed by atoms with Gasteiger partial charge in [0.05, 0.1) is 12.2 Å². The summed E-state index contributed by atoms with van der Waals surface area (Å²) in [7, 11) is 0. The lowest BCUT2D eigenvalue weighted by Crippen LogP contribution is -2.40. The summed E-state index contributed by atoms with van der Waals surface area (Å²) in [5.41, 5.74) is 1.32. The predicted octanol–water partition coefficient (Wildman–Crippen LogP) is 0.667. The standard InChI is InChI=1S/C21H26N6O3/c28-18(6-11-27-8-1-7-22-27)25-9-4-15(12-25)19-23-17-13-26(21(30)14-2-3-14)10-5-16(17)20(29)24-19/h1,7-8,14-15H,2-6,9-13H2,(H,23,24,29). The summed E-state index contributed by atoms with van der Waals surface area (Å²) in [4.78, 5) is 49.0. The second-order valence-corrected chi connectivity index (χ2v) is 8.50. The summed E-state index contributed by atoms with van der Waals surface area (Å²) in [5.74, 6) is 1.12. The molecule has 9 nitrogen and oxygen atoms in total. The molecule has 0 aromatic carbocycles. The van der Waals surface area contributed by atoms with E-state index in [2.05, 4.69) is 10.1 Å². The fourth-order valence-corrected chi connectivity index (χ4v) is 4.44. The first-order valence-electron chi connectivity index (χ1n) is 10.7. The van der Waals surface area contributed by atoms with Crippen molar-refractivity contribution in [2.45, 2.75) is 51.1 Å². The maximum Gasteiger partial charge on any atom is 0.254 e. The van der Waals surface area contributed by atoms with E-state index in [1.54, 1.807) is 10.9 Å². The van der Waals surface area contributed by atoms with E-state index in [1.165, 1.54) is 0 Å². The van der Waals surface area contributed by atoms with Crippen LogP contribution >= 0.6 is 0 Å². The Balaban J connectivity index is 1.25. The maximum absolute atomic E-state index is 12.6. The van der Waals surface area contributed by atoms with E-state index in [0.29, 0.717) is 57.0 Å². The van der Waals surface area contributed by atoms with Crippen LogP contribution in [-0.4, -0.2) is 61.0 Å². The normalized spacial score (nSPS) is 21.0. The SMILES string of the molecule is O=C(CCn1cccn1)N1CCC(c2nc3c(c(=O)[nH]2)CCN(C(=O)C2CC2)C3)C1. The van der Waals surface area contributed by atoms with Gasteiger partial charge in [0.15, 0.2) is 0 Å². The second-order valence-electron chi connectivity index (χ2n) is 8.50. The number of nitrogens with one attached hydrogen (secondary N) is 1. The highest BCUT2D eigenvalue weighted by Crippen LogP contribution is 2.32. The smallest absolute Gasteiger partial charge is 0.254 e. The van der Waals surface area contributed by atoms with Crippen molar-refractivity contribution in [2.24, 2.45) is 5.92 Å². The number of aryl methyl sites for hydroxylation is 1. The van der Waals surface area contributed by atoms with Gasteiger partial charge in [-0.15, -0.1) is 0 Å². The molecule has 1 saturated carbocycles. The molecule has 1 aliphatic carbocycles. The van der Waals surface area contributed by atoms with Crippen LogP contribution in [0.4, 0.5) is 0 Å². The summed E-state index contributed by atoms with van der Waals surface area (Å²) in [5, 5.41) is 4.13. The summed E-state index contributed by atoms with van der Waals surface area (Å²) in [6, 6.07) is 1.84. The molecule has 1 saturated heterocycles. The molecule has 9 heteroatoms. The third-order valence-electron chi connectivity index (χ3n) is 6.37. The largest absolute Gasteiger partial charge is 0.342 e. The van der Waals surface area contributed by atoms with Crippen LogP contribution in [0.3, 0.4) is 0 Å². The first-order valence-corrected chi connectivity index (χ1v) is 10.7. The van der Waals surface area contributed by atoms with Crippen molar-refractivity contribution in [3.05, 3.63) is 45.9 Å². The van der Waals surface area contributed by atoms with Crippen molar-refractivity contribution in [3.63, 3.8) is 0 Å². The van der Waals surface area contributed by atoms with E-state index in [1.807, 2.05) is 22.1 Å². The van der Waals surface area contributed by atoms with Crippen molar-refractivity contribution in [1.29, 1.82) is 0 Å². The number of H-pyrrole nitrogens is 1. The number of carbonyl (C=O) groups excluding carboxylic acids is 2. The number of aromatic nitrogens is 4. The second kappa shape index (κ2) is 7.70. The Bertz CT molecular complexity index is 1010. The van der Waals surface area contributed by atoms with Gasteiger partial charge in [-0.1, -0.05) is 0 Å². The number of nitrogens with zero attached hydrogens (tertiary/aromatic N) is 5. The zero-order valence-corrected chi connectivity index (χ0v) is 16.9. The van der Waals surface area contributed by atoms with Gasteiger partial charge in [-0.05, 0) is 31.7 Å². The average molecular weight is 410 g/mol. The molecule has 3 aliphatic rings. The molecule has 2 amide bonds. The van der Waals surface area contributed by atoms with Crippen LogP contribution in [0.2, 0.25) is 0 Å². The van der Waals surface area contributed by atoms with E-state index in [0.717, 1.165) is 25.0 Å². The van der Waals surface area contributed by atoms with Crippen LogP contribution in [0.15, 0.2) is 23.3 Å². The van der Waals surface area contributed by atoms with Gasteiger partial charge >= 0.3 is 0 Å². The molecule has 4 heterocycles. The zero-order chi connectivity index (χ0) is 20.7. The van der Waals surface area contributed by atoms with Gasteiger partial charge in [-0.3, -0.25) is 19.1 Å². The number of hydrogen-bond acceptors (Lipinski definition) is 5. The number of hydrogen-bond donors (Lipinski definition) is 1. The molecule has 0 spiro atoms. The first kappa shape index (κ1) is 19.0. The lowest BCUT2D eigenvalue weighted by atomic mass is 10.0. The van der Waals surface area contributed by atoms with Crippen molar-refractivity contribution < 1.29 is 9.59 Å². The Hall–Kier alpha value is -2.97. The minimum Gasteiger partial charge on any atom is -0.342 e. The highest BCUT2D eigenvalue weighted by molar-refractivity contribution is 5.81. The fourth-order valence-electron chi connectivity index (χ4n) is 4.44. The lowest BCUT2D eigenvalue weighted by Gasteiger charge is -2.28. The Labute approximate surface area is 174 Å². The summed E-state index contributed by atoms with van der Waals surface area (Å²) in [6.45, 7) is 2.79. The number of aromatic amines is 1. The number of likely N-dealkylation sites (tertiary alicyclic amines) is 1. The Morgan fingerprint density at radius 2 is 2.03 bits per heavy atom. The number of amides is 2. The molecule has 0 bridgehead atoms. The Morgan fingerprint density at radius 1 is 1.17 bits per heavy atom. The molecule has 0 radical (unpaired) electrons. The monoisotopic (exact) mass is 410 g/mol. The molecule has 158 valence electrons. The molecule has 1 N–H and O–H groups in total. The number of fused-ring (bicyclic) bond motifs is 1. The third kappa shape index (κ3) is 3.76. The Morgan fingerprint density at radius 3 is 2.80 bits per heavy atom. The topological polar surface area (TPSA) is 104 Å². The van der Waals surface area contributed by atoms with Gasteiger partial charge in [0.1, 0.15) is 5.82 Å². The first-order chi connectivity index (χ1) is 14.6. The van der Waals surface area contributed by atoms with Gasteiger partial charge in [-0.2, -0.15) is 5.10 Å². The van der Waals surface area contributed by atoms with Gasteiger partial charge in [0, 0.05) is 62.4 Å². The zero-order valence-electron chi connectivity index (χ0n) is 16.9. The summed E-state index contributed by atoms with van der Waals surface area (Å²) in [6.07, 6.45) is 7.23. The highest BCUT2D eigenvalue weighted by Gasteiger charge is 2.36. The minimum atomic E-state index is -0.100. The molecular formula is C21H26N6O3. The quantitative estimate of drug-likeness (QED) is 0.780. The highest BCUT2D eigenvalue weighted by atomic mass is 16.2. The molecule has 2 aromatic rings. The lowest BCUT2D eigenvalue weighted by molar-refractivity contribution is -0.133. The molecule has 2 aromatic heterocycles. The van der Waals surface area contributed by atoms with E-state index < -0.39 is 0 Å². The van der Waals surface area contributed by atoms with E-state index in [-0.39, 0.29) is 29.2 Å². The summed E-state index contributed by atoms with van der Waals surface area (Å²) >= 11 is 0. The van der Waals surface area contributed by atoms with Crippen LogP contribution < -0.4 is 5.56 Å². The van der Waals surface area contributed by atoms with E-state index in [4.69, 9.17) is 4.98 Å². The van der Waals surface area contributed by atoms with Crippen LogP contribution in [0.5, 0.6) is 0 Å². The molecule has 1 unspecified atom stereocenters. The average Bonchev–Trinajstić information content (AvgIpc) is 3.25. The predicted molar refractivity (Wildman–Crippen MR) is 107 cm³/mol.